The molecule has 124 valence electrons. The Hall–Kier alpha value is -0.980. The van der Waals surface area contributed by atoms with E-state index in [4.69, 9.17) is 0 Å². The summed E-state index contributed by atoms with van der Waals surface area (Å²) < 4.78 is 38.5. The highest BCUT2D eigenvalue weighted by molar-refractivity contribution is 7.88. The summed E-state index contributed by atoms with van der Waals surface area (Å²) in [4.78, 5) is 0. The molecule has 2 atom stereocenters. The van der Waals surface area contributed by atoms with Crippen LogP contribution in [0, 0.1) is 18.7 Å². The van der Waals surface area contributed by atoms with Gasteiger partial charge in [0.05, 0.1) is 6.26 Å². The van der Waals surface area contributed by atoms with E-state index in [2.05, 4.69) is 12.2 Å². The molecule has 6 heteroatoms. The SMILES string of the molecule is CC[C@H]1CN(S(C)(=O)=O)CC[C@H]1NCc1ccc(C)c(F)c1. The maximum atomic E-state index is 13.6. The van der Waals surface area contributed by atoms with E-state index < -0.39 is 10.0 Å². The number of sulfonamides is 1. The molecule has 0 spiro atoms. The Balaban J connectivity index is 1.96. The molecule has 1 aliphatic rings. The number of rotatable bonds is 5. The van der Waals surface area contributed by atoms with Crippen LogP contribution in [0.4, 0.5) is 4.39 Å². The number of nitrogens with one attached hydrogen (secondary N) is 1. The average Bonchev–Trinajstić information content (AvgIpc) is 2.47. The van der Waals surface area contributed by atoms with Crippen molar-refractivity contribution in [3.63, 3.8) is 0 Å². The lowest BCUT2D eigenvalue weighted by Crippen LogP contribution is -2.50. The van der Waals surface area contributed by atoms with Crippen LogP contribution in [0.2, 0.25) is 0 Å². The molecule has 0 aliphatic carbocycles. The van der Waals surface area contributed by atoms with Crippen molar-refractivity contribution in [2.24, 2.45) is 5.92 Å². The van der Waals surface area contributed by atoms with Crippen molar-refractivity contribution in [1.82, 2.24) is 9.62 Å². The predicted octanol–water partition coefficient (Wildman–Crippen LogP) is 2.28. The molecular weight excluding hydrogens is 303 g/mol. The van der Waals surface area contributed by atoms with E-state index in [1.165, 1.54) is 6.26 Å². The summed E-state index contributed by atoms with van der Waals surface area (Å²) in [6.45, 7) is 5.55. The second kappa shape index (κ2) is 7.06. The van der Waals surface area contributed by atoms with Gasteiger partial charge < -0.3 is 5.32 Å². The highest BCUT2D eigenvalue weighted by Crippen LogP contribution is 2.22. The van der Waals surface area contributed by atoms with Gasteiger partial charge >= 0.3 is 0 Å². The van der Waals surface area contributed by atoms with E-state index in [1.54, 1.807) is 23.4 Å². The normalized spacial score (nSPS) is 23.6. The van der Waals surface area contributed by atoms with E-state index in [-0.39, 0.29) is 11.9 Å². The molecule has 4 nitrogen and oxygen atoms in total. The number of hydrogen-bond donors (Lipinski definition) is 1. The highest BCUT2D eigenvalue weighted by atomic mass is 32.2. The number of piperidine rings is 1. The van der Waals surface area contributed by atoms with Crippen LogP contribution in [0.1, 0.15) is 30.9 Å². The van der Waals surface area contributed by atoms with Crippen LogP contribution in [0.3, 0.4) is 0 Å². The monoisotopic (exact) mass is 328 g/mol. The summed E-state index contributed by atoms with van der Waals surface area (Å²) in [6, 6.07) is 5.55. The maximum absolute atomic E-state index is 13.6. The van der Waals surface area contributed by atoms with Crippen molar-refractivity contribution in [3.8, 4) is 0 Å². The Labute approximate surface area is 132 Å². The van der Waals surface area contributed by atoms with Gasteiger partial charge in [0.1, 0.15) is 5.82 Å². The number of halogens is 1. The standard InChI is InChI=1S/C16H25FN2O2S/c1-4-14-11-19(22(3,20)21)8-7-16(14)18-10-13-6-5-12(2)15(17)9-13/h5-6,9,14,16,18H,4,7-8,10-11H2,1-3H3/t14-,16+/m0/s1. The fourth-order valence-electron chi connectivity index (χ4n) is 2.98. The molecule has 0 aromatic heterocycles. The van der Waals surface area contributed by atoms with Gasteiger partial charge in [-0.2, -0.15) is 0 Å². The van der Waals surface area contributed by atoms with Crippen molar-refractivity contribution in [1.29, 1.82) is 0 Å². The van der Waals surface area contributed by atoms with E-state index in [0.717, 1.165) is 18.4 Å². The Kier molecular flexibility index (Phi) is 5.58. The van der Waals surface area contributed by atoms with Gasteiger partial charge in [0.2, 0.25) is 10.0 Å². The minimum absolute atomic E-state index is 0.182. The zero-order valence-electron chi connectivity index (χ0n) is 13.5. The molecule has 1 aliphatic heterocycles. The van der Waals surface area contributed by atoms with E-state index >= 15 is 0 Å². The fraction of sp³-hybridized carbons (Fsp3) is 0.625. The molecule has 0 amide bonds. The van der Waals surface area contributed by atoms with E-state index in [1.807, 2.05) is 6.07 Å². The van der Waals surface area contributed by atoms with Gasteiger partial charge in [-0.05, 0) is 36.5 Å². The maximum Gasteiger partial charge on any atom is 0.211 e. The molecule has 1 heterocycles. The molecule has 1 aromatic rings. The Morgan fingerprint density at radius 3 is 2.73 bits per heavy atom. The van der Waals surface area contributed by atoms with Crippen LogP contribution >= 0.6 is 0 Å². The average molecular weight is 328 g/mol. The predicted molar refractivity (Wildman–Crippen MR) is 86.6 cm³/mol. The van der Waals surface area contributed by atoms with Gasteiger partial charge in [-0.25, -0.2) is 17.1 Å². The van der Waals surface area contributed by atoms with Crippen molar-refractivity contribution in [3.05, 3.63) is 35.1 Å². The van der Waals surface area contributed by atoms with Gasteiger partial charge in [0.15, 0.2) is 0 Å². The van der Waals surface area contributed by atoms with Gasteiger partial charge in [0, 0.05) is 25.7 Å². The lowest BCUT2D eigenvalue weighted by atomic mass is 9.91. The first-order chi connectivity index (χ1) is 10.3. The summed E-state index contributed by atoms with van der Waals surface area (Å²) in [6.07, 6.45) is 2.98. The molecule has 1 saturated heterocycles. The van der Waals surface area contributed by atoms with Crippen molar-refractivity contribution >= 4 is 10.0 Å². The van der Waals surface area contributed by atoms with Crippen molar-refractivity contribution in [2.75, 3.05) is 19.3 Å². The Morgan fingerprint density at radius 2 is 2.14 bits per heavy atom. The first-order valence-corrected chi connectivity index (χ1v) is 9.59. The Bertz CT molecular complexity index is 619. The molecule has 0 bridgehead atoms. The number of benzene rings is 1. The van der Waals surface area contributed by atoms with Crippen LogP contribution < -0.4 is 5.32 Å². The second-order valence-electron chi connectivity index (χ2n) is 6.15. The first-order valence-electron chi connectivity index (χ1n) is 7.74. The molecule has 1 fully saturated rings. The molecule has 0 radical (unpaired) electrons. The fourth-order valence-corrected chi connectivity index (χ4v) is 3.88. The van der Waals surface area contributed by atoms with Gasteiger partial charge in [-0.1, -0.05) is 25.5 Å². The van der Waals surface area contributed by atoms with Crippen LogP contribution in [0.15, 0.2) is 18.2 Å². The third-order valence-corrected chi connectivity index (χ3v) is 5.76. The zero-order chi connectivity index (χ0) is 16.3. The van der Waals surface area contributed by atoms with Crippen molar-refractivity contribution < 1.29 is 12.8 Å². The highest BCUT2D eigenvalue weighted by Gasteiger charge is 2.31. The number of aryl methyl sites for hydroxylation is 1. The Morgan fingerprint density at radius 1 is 1.41 bits per heavy atom. The van der Waals surface area contributed by atoms with E-state index in [0.29, 0.717) is 31.1 Å². The minimum Gasteiger partial charge on any atom is -0.310 e. The summed E-state index contributed by atoms with van der Waals surface area (Å²) in [7, 11) is -3.11. The van der Waals surface area contributed by atoms with Gasteiger partial charge in [-0.3, -0.25) is 0 Å². The molecule has 1 N–H and O–H groups in total. The van der Waals surface area contributed by atoms with E-state index in [9.17, 15) is 12.8 Å². The lowest BCUT2D eigenvalue weighted by Gasteiger charge is -2.37. The molecule has 1 aromatic carbocycles. The minimum atomic E-state index is -3.11. The largest absolute Gasteiger partial charge is 0.310 e. The molecule has 22 heavy (non-hydrogen) atoms. The summed E-state index contributed by atoms with van der Waals surface area (Å²) >= 11 is 0. The summed E-state index contributed by atoms with van der Waals surface area (Å²) in [5.41, 5.74) is 1.57. The first kappa shape index (κ1) is 17.4. The van der Waals surface area contributed by atoms with Gasteiger partial charge in [-0.15, -0.1) is 0 Å². The smallest absolute Gasteiger partial charge is 0.211 e. The quantitative estimate of drug-likeness (QED) is 0.902. The molecule has 0 saturated carbocycles. The number of hydrogen-bond acceptors (Lipinski definition) is 3. The third-order valence-electron chi connectivity index (χ3n) is 4.49. The zero-order valence-corrected chi connectivity index (χ0v) is 14.3. The topological polar surface area (TPSA) is 49.4 Å². The molecule has 0 unspecified atom stereocenters. The van der Waals surface area contributed by atoms with Crippen LogP contribution in [-0.2, 0) is 16.6 Å². The van der Waals surface area contributed by atoms with Crippen molar-refractivity contribution in [2.45, 2.75) is 39.3 Å². The molecular formula is C16H25FN2O2S. The second-order valence-corrected chi connectivity index (χ2v) is 8.13. The number of nitrogens with zero attached hydrogens (tertiary/aromatic N) is 1. The van der Waals surface area contributed by atoms with Crippen LogP contribution in [-0.4, -0.2) is 38.1 Å². The summed E-state index contributed by atoms with van der Waals surface area (Å²) in [5.74, 6) is 0.108. The lowest BCUT2D eigenvalue weighted by molar-refractivity contribution is 0.201. The van der Waals surface area contributed by atoms with Gasteiger partial charge in [0.25, 0.3) is 0 Å². The van der Waals surface area contributed by atoms with Crippen LogP contribution in [0.5, 0.6) is 0 Å². The summed E-state index contributed by atoms with van der Waals surface area (Å²) in [5, 5.41) is 3.47. The van der Waals surface area contributed by atoms with Crippen LogP contribution in [0.25, 0.3) is 0 Å². The third kappa shape index (κ3) is 4.27. The molecule has 2 rings (SSSR count).